The summed E-state index contributed by atoms with van der Waals surface area (Å²) in [6.45, 7) is 2.45. The standard InChI is InChI=1S/C26H21N3O3S/c1-2-31-22-15-9-7-13-19(22)25-28-29-26(32-25)33-24(17-10-4-3-5-11-17)23(30)20-16-27-21-14-8-6-12-18(20)21/h3-16,24,27H,2H2,1H3. The quantitative estimate of drug-likeness (QED) is 0.217. The molecular formula is C26H21N3O3S. The van der Waals surface area contributed by atoms with Crippen LogP contribution in [0, 0.1) is 0 Å². The number of benzene rings is 3. The van der Waals surface area contributed by atoms with Gasteiger partial charge < -0.3 is 14.1 Å². The summed E-state index contributed by atoms with van der Waals surface area (Å²) in [5.74, 6) is 1.00. The minimum Gasteiger partial charge on any atom is -0.493 e. The van der Waals surface area contributed by atoms with E-state index in [1.165, 1.54) is 11.8 Å². The third-order valence-electron chi connectivity index (χ3n) is 5.24. The van der Waals surface area contributed by atoms with E-state index < -0.39 is 5.25 Å². The van der Waals surface area contributed by atoms with Gasteiger partial charge in [0.1, 0.15) is 11.0 Å². The van der Waals surface area contributed by atoms with Gasteiger partial charge in [-0.1, -0.05) is 60.7 Å². The van der Waals surface area contributed by atoms with Gasteiger partial charge in [0.2, 0.25) is 0 Å². The Morgan fingerprint density at radius 2 is 1.76 bits per heavy atom. The number of aromatic nitrogens is 3. The summed E-state index contributed by atoms with van der Waals surface area (Å²) in [6, 6.07) is 24.9. The van der Waals surface area contributed by atoms with E-state index in [1.54, 1.807) is 6.20 Å². The van der Waals surface area contributed by atoms with Crippen LogP contribution in [0.5, 0.6) is 5.75 Å². The van der Waals surface area contributed by atoms with Gasteiger partial charge in [-0.3, -0.25) is 4.79 Å². The average Bonchev–Trinajstić information content (AvgIpc) is 3.51. The van der Waals surface area contributed by atoms with Crippen LogP contribution in [-0.4, -0.2) is 27.6 Å². The highest BCUT2D eigenvalue weighted by molar-refractivity contribution is 8.00. The van der Waals surface area contributed by atoms with Gasteiger partial charge in [-0.25, -0.2) is 0 Å². The largest absolute Gasteiger partial charge is 0.493 e. The molecule has 0 bridgehead atoms. The molecule has 164 valence electrons. The second-order valence-corrected chi connectivity index (χ2v) is 8.38. The molecule has 1 atom stereocenters. The molecule has 0 radical (unpaired) electrons. The molecule has 5 aromatic rings. The highest BCUT2D eigenvalue weighted by atomic mass is 32.2. The number of Topliss-reactive ketones (excluding diaryl/α,β-unsaturated/α-hetero) is 1. The Morgan fingerprint density at radius 1 is 1.00 bits per heavy atom. The SMILES string of the molecule is CCOc1ccccc1-c1nnc(SC(C(=O)c2c[nH]c3ccccc23)c2ccccc2)o1. The van der Waals surface area contributed by atoms with Crippen molar-refractivity contribution in [2.45, 2.75) is 17.4 Å². The summed E-state index contributed by atoms with van der Waals surface area (Å²) >= 11 is 1.25. The number of carbonyl (C=O) groups is 1. The van der Waals surface area contributed by atoms with E-state index in [-0.39, 0.29) is 5.78 Å². The van der Waals surface area contributed by atoms with Crippen LogP contribution in [0.25, 0.3) is 22.4 Å². The molecule has 5 rings (SSSR count). The lowest BCUT2D eigenvalue weighted by atomic mass is 10.0. The van der Waals surface area contributed by atoms with E-state index >= 15 is 0 Å². The molecule has 0 aliphatic carbocycles. The smallest absolute Gasteiger partial charge is 0.277 e. The number of ether oxygens (including phenoxy) is 1. The Morgan fingerprint density at radius 3 is 2.61 bits per heavy atom. The Kier molecular flexibility index (Phi) is 5.95. The van der Waals surface area contributed by atoms with E-state index in [0.29, 0.717) is 29.0 Å². The minimum atomic E-state index is -0.541. The first-order valence-corrected chi connectivity index (χ1v) is 11.5. The van der Waals surface area contributed by atoms with Crippen LogP contribution in [0.2, 0.25) is 0 Å². The van der Waals surface area contributed by atoms with Crippen molar-refractivity contribution in [2.75, 3.05) is 6.61 Å². The highest BCUT2D eigenvalue weighted by Crippen LogP contribution is 2.40. The fraction of sp³-hybridized carbons (Fsp3) is 0.115. The van der Waals surface area contributed by atoms with Crippen LogP contribution in [0.15, 0.2) is 94.7 Å². The number of nitrogens with zero attached hydrogens (tertiary/aromatic N) is 2. The van der Waals surface area contributed by atoms with Gasteiger partial charge in [0.25, 0.3) is 11.1 Å². The van der Waals surface area contributed by atoms with Crippen molar-refractivity contribution in [3.05, 3.63) is 96.2 Å². The molecule has 0 saturated heterocycles. The van der Waals surface area contributed by atoms with Gasteiger partial charge in [0.05, 0.1) is 12.2 Å². The van der Waals surface area contributed by atoms with Crippen LogP contribution in [0.3, 0.4) is 0 Å². The molecule has 0 aliphatic rings. The van der Waals surface area contributed by atoms with Crippen LogP contribution >= 0.6 is 11.8 Å². The van der Waals surface area contributed by atoms with E-state index in [0.717, 1.165) is 22.0 Å². The molecule has 33 heavy (non-hydrogen) atoms. The molecule has 1 N–H and O–H groups in total. The summed E-state index contributed by atoms with van der Waals surface area (Å²) in [5, 5.41) is 9.10. The summed E-state index contributed by atoms with van der Waals surface area (Å²) in [7, 11) is 0. The molecule has 0 aliphatic heterocycles. The lowest BCUT2D eigenvalue weighted by Crippen LogP contribution is -2.09. The number of para-hydroxylation sites is 2. The maximum atomic E-state index is 13.7. The molecule has 2 heterocycles. The number of aromatic amines is 1. The van der Waals surface area contributed by atoms with Crippen LogP contribution in [0.4, 0.5) is 0 Å². The summed E-state index contributed by atoms with van der Waals surface area (Å²) in [4.78, 5) is 16.9. The molecular weight excluding hydrogens is 434 g/mol. The van der Waals surface area contributed by atoms with Gasteiger partial charge in [-0.2, -0.15) is 0 Å². The first-order chi connectivity index (χ1) is 16.2. The zero-order valence-corrected chi connectivity index (χ0v) is 18.7. The number of H-pyrrole nitrogens is 1. The van der Waals surface area contributed by atoms with Gasteiger partial charge in [0, 0.05) is 22.7 Å². The molecule has 6 nitrogen and oxygen atoms in total. The van der Waals surface area contributed by atoms with Crippen molar-refractivity contribution in [2.24, 2.45) is 0 Å². The van der Waals surface area contributed by atoms with E-state index in [2.05, 4.69) is 15.2 Å². The van der Waals surface area contributed by atoms with Crippen molar-refractivity contribution >= 4 is 28.4 Å². The normalized spacial score (nSPS) is 12.0. The highest BCUT2D eigenvalue weighted by Gasteiger charge is 2.28. The topological polar surface area (TPSA) is 81.0 Å². The number of hydrogen-bond acceptors (Lipinski definition) is 6. The number of carbonyl (C=O) groups excluding carboxylic acids is 1. The first-order valence-electron chi connectivity index (χ1n) is 10.6. The monoisotopic (exact) mass is 455 g/mol. The third-order valence-corrected chi connectivity index (χ3v) is 6.33. The maximum absolute atomic E-state index is 13.7. The van der Waals surface area contributed by atoms with Gasteiger partial charge in [0.15, 0.2) is 5.78 Å². The predicted octanol–water partition coefficient (Wildman–Crippen LogP) is 6.33. The number of hydrogen-bond donors (Lipinski definition) is 1. The van der Waals surface area contributed by atoms with Gasteiger partial charge >= 0.3 is 0 Å². The summed E-state index contributed by atoms with van der Waals surface area (Å²) in [5.41, 5.74) is 3.14. The van der Waals surface area contributed by atoms with Crippen LogP contribution < -0.4 is 4.74 Å². The fourth-order valence-electron chi connectivity index (χ4n) is 3.71. The number of ketones is 1. The molecule has 7 heteroatoms. The molecule has 0 fully saturated rings. The fourth-order valence-corrected chi connectivity index (χ4v) is 4.65. The van der Waals surface area contributed by atoms with Gasteiger partial charge in [-0.15, -0.1) is 10.2 Å². The van der Waals surface area contributed by atoms with Crippen LogP contribution in [0.1, 0.15) is 28.1 Å². The van der Waals surface area contributed by atoms with Crippen molar-refractivity contribution < 1.29 is 13.9 Å². The zero-order chi connectivity index (χ0) is 22.6. The molecule has 2 aromatic heterocycles. The van der Waals surface area contributed by atoms with Crippen LogP contribution in [-0.2, 0) is 0 Å². The second-order valence-electron chi connectivity index (χ2n) is 7.32. The Labute approximate surface area is 195 Å². The lowest BCUT2D eigenvalue weighted by Gasteiger charge is -2.13. The van der Waals surface area contributed by atoms with Crippen molar-refractivity contribution in [3.63, 3.8) is 0 Å². The molecule has 1 unspecified atom stereocenters. The van der Waals surface area contributed by atoms with E-state index in [4.69, 9.17) is 9.15 Å². The zero-order valence-electron chi connectivity index (χ0n) is 17.9. The summed E-state index contributed by atoms with van der Waals surface area (Å²) in [6.07, 6.45) is 1.76. The second kappa shape index (κ2) is 9.34. The predicted molar refractivity (Wildman–Crippen MR) is 129 cm³/mol. The minimum absolute atomic E-state index is 0.0295. The molecule has 0 spiro atoms. The lowest BCUT2D eigenvalue weighted by molar-refractivity contribution is 0.0990. The number of thioether (sulfide) groups is 1. The van der Waals surface area contributed by atoms with Crippen molar-refractivity contribution in [1.82, 2.24) is 15.2 Å². The molecule has 3 aromatic carbocycles. The van der Waals surface area contributed by atoms with E-state index in [9.17, 15) is 4.79 Å². The first kappa shape index (κ1) is 21.0. The third kappa shape index (κ3) is 4.27. The number of nitrogens with one attached hydrogen (secondary N) is 1. The Hall–Kier alpha value is -3.84. The Bertz CT molecular complexity index is 1390. The van der Waals surface area contributed by atoms with Gasteiger partial charge in [-0.05, 0) is 42.4 Å². The average molecular weight is 456 g/mol. The Balaban J connectivity index is 1.49. The van der Waals surface area contributed by atoms with E-state index in [1.807, 2.05) is 85.8 Å². The summed E-state index contributed by atoms with van der Waals surface area (Å²) < 4.78 is 11.7. The molecule has 0 amide bonds. The van der Waals surface area contributed by atoms with Crippen molar-refractivity contribution in [1.29, 1.82) is 0 Å². The molecule has 0 saturated carbocycles. The van der Waals surface area contributed by atoms with Crippen molar-refractivity contribution in [3.8, 4) is 17.2 Å². The maximum Gasteiger partial charge on any atom is 0.277 e. The number of rotatable bonds is 8. The number of fused-ring (bicyclic) bond motifs is 1.